The third-order valence-electron chi connectivity index (χ3n) is 2.99. The van der Waals surface area contributed by atoms with Crippen molar-refractivity contribution in [3.8, 4) is 21.9 Å². The zero-order valence-electron chi connectivity index (χ0n) is 12.2. The lowest BCUT2D eigenvalue weighted by Crippen LogP contribution is -2.00. The molecule has 2 aromatic rings. The molecule has 1 N–H and O–H groups in total. The van der Waals surface area contributed by atoms with E-state index in [9.17, 15) is 9.90 Å². The van der Waals surface area contributed by atoms with Crippen LogP contribution in [0.1, 0.15) is 28.8 Å². The average Bonchev–Trinajstić information content (AvgIpc) is 2.91. The number of carboxylic acids is 1. The van der Waals surface area contributed by atoms with Gasteiger partial charge in [-0.2, -0.15) is 0 Å². The standard InChI is InChI=1S/C15H17NO4S/c1-4-5-12-16-13(15(17)18)14(21-12)10-8-9(19-2)6-7-11(10)20-3/h6-8H,4-5H2,1-3H3,(H,17,18). The number of thiazole rings is 1. The first-order valence-corrected chi connectivity index (χ1v) is 7.37. The molecule has 0 aliphatic heterocycles. The van der Waals surface area contributed by atoms with E-state index >= 15 is 0 Å². The molecule has 0 spiro atoms. The van der Waals surface area contributed by atoms with Crippen LogP contribution in [0.15, 0.2) is 18.2 Å². The molecule has 0 aliphatic rings. The van der Waals surface area contributed by atoms with Crippen LogP contribution in [0.3, 0.4) is 0 Å². The number of ether oxygens (including phenoxy) is 2. The Labute approximate surface area is 127 Å². The molecule has 5 nitrogen and oxygen atoms in total. The number of hydrogen-bond donors (Lipinski definition) is 1. The Kier molecular flexibility index (Phi) is 4.80. The van der Waals surface area contributed by atoms with Gasteiger partial charge in [-0.15, -0.1) is 11.3 Å². The van der Waals surface area contributed by atoms with Crippen LogP contribution in [-0.4, -0.2) is 30.3 Å². The van der Waals surface area contributed by atoms with Gasteiger partial charge in [-0.05, 0) is 31.0 Å². The second-order valence-electron chi connectivity index (χ2n) is 4.41. The summed E-state index contributed by atoms with van der Waals surface area (Å²) >= 11 is 1.39. The van der Waals surface area contributed by atoms with Crippen LogP contribution >= 0.6 is 11.3 Å². The Morgan fingerprint density at radius 1 is 1.33 bits per heavy atom. The van der Waals surface area contributed by atoms with E-state index in [1.807, 2.05) is 6.92 Å². The highest BCUT2D eigenvalue weighted by Crippen LogP contribution is 2.39. The van der Waals surface area contributed by atoms with Gasteiger partial charge in [0.15, 0.2) is 5.69 Å². The summed E-state index contributed by atoms with van der Waals surface area (Å²) in [4.78, 5) is 16.3. The van der Waals surface area contributed by atoms with Gasteiger partial charge in [0.05, 0.1) is 24.1 Å². The first kappa shape index (κ1) is 15.3. The molecule has 0 bridgehead atoms. The minimum Gasteiger partial charge on any atom is -0.497 e. The number of aryl methyl sites for hydroxylation is 1. The van der Waals surface area contributed by atoms with Crippen molar-refractivity contribution in [1.29, 1.82) is 0 Å². The monoisotopic (exact) mass is 307 g/mol. The number of nitrogens with zero attached hydrogens (tertiary/aromatic N) is 1. The molecule has 112 valence electrons. The van der Waals surface area contributed by atoms with Gasteiger partial charge >= 0.3 is 5.97 Å². The van der Waals surface area contributed by atoms with Crippen LogP contribution in [0, 0.1) is 0 Å². The largest absolute Gasteiger partial charge is 0.497 e. The van der Waals surface area contributed by atoms with Crippen molar-refractivity contribution in [3.05, 3.63) is 28.9 Å². The van der Waals surface area contributed by atoms with E-state index in [1.165, 1.54) is 11.3 Å². The number of aromatic nitrogens is 1. The van der Waals surface area contributed by atoms with Crippen molar-refractivity contribution in [2.24, 2.45) is 0 Å². The number of rotatable bonds is 6. The predicted molar refractivity (Wildman–Crippen MR) is 81.6 cm³/mol. The molecule has 1 heterocycles. The molecule has 0 radical (unpaired) electrons. The number of carbonyl (C=O) groups is 1. The molecule has 21 heavy (non-hydrogen) atoms. The molecule has 6 heteroatoms. The second-order valence-corrected chi connectivity index (χ2v) is 5.49. The van der Waals surface area contributed by atoms with Gasteiger partial charge in [0.25, 0.3) is 0 Å². The first-order chi connectivity index (χ1) is 10.1. The maximum atomic E-state index is 11.4. The topological polar surface area (TPSA) is 68.7 Å². The van der Waals surface area contributed by atoms with Crippen molar-refractivity contribution in [2.45, 2.75) is 19.8 Å². The molecule has 0 unspecified atom stereocenters. The molecule has 1 aromatic carbocycles. The number of hydrogen-bond acceptors (Lipinski definition) is 5. The number of carboxylic acid groups (broad SMARTS) is 1. The summed E-state index contributed by atoms with van der Waals surface area (Å²) in [7, 11) is 3.12. The smallest absolute Gasteiger partial charge is 0.356 e. The maximum absolute atomic E-state index is 11.4. The third kappa shape index (κ3) is 3.16. The van der Waals surface area contributed by atoms with Gasteiger partial charge < -0.3 is 14.6 Å². The molecule has 1 aromatic heterocycles. The highest BCUT2D eigenvalue weighted by Gasteiger charge is 2.21. The molecule has 0 atom stereocenters. The van der Waals surface area contributed by atoms with Crippen LogP contribution in [-0.2, 0) is 6.42 Å². The highest BCUT2D eigenvalue weighted by atomic mass is 32.1. The maximum Gasteiger partial charge on any atom is 0.356 e. The summed E-state index contributed by atoms with van der Waals surface area (Å²) in [5.74, 6) is 0.214. The predicted octanol–water partition coefficient (Wildman–Crippen LogP) is 3.48. The fourth-order valence-corrected chi connectivity index (χ4v) is 3.18. The number of aromatic carboxylic acids is 1. The number of benzene rings is 1. The van der Waals surface area contributed by atoms with Crippen LogP contribution in [0.2, 0.25) is 0 Å². The summed E-state index contributed by atoms with van der Waals surface area (Å²) in [5, 5.41) is 10.2. The quantitative estimate of drug-likeness (QED) is 0.885. The Morgan fingerprint density at radius 2 is 2.10 bits per heavy atom. The van der Waals surface area contributed by atoms with Crippen molar-refractivity contribution < 1.29 is 19.4 Å². The van der Waals surface area contributed by atoms with Crippen LogP contribution in [0.25, 0.3) is 10.4 Å². The molecule has 0 aliphatic carbocycles. The Morgan fingerprint density at radius 3 is 2.67 bits per heavy atom. The van der Waals surface area contributed by atoms with E-state index in [1.54, 1.807) is 32.4 Å². The van der Waals surface area contributed by atoms with E-state index in [0.717, 1.165) is 17.8 Å². The van der Waals surface area contributed by atoms with Crippen LogP contribution in [0.4, 0.5) is 0 Å². The molecule has 0 saturated heterocycles. The van der Waals surface area contributed by atoms with E-state index in [2.05, 4.69) is 4.98 Å². The normalized spacial score (nSPS) is 10.4. The van der Waals surface area contributed by atoms with Crippen LogP contribution < -0.4 is 9.47 Å². The van der Waals surface area contributed by atoms with Gasteiger partial charge in [-0.25, -0.2) is 9.78 Å². The van der Waals surface area contributed by atoms with Crippen LogP contribution in [0.5, 0.6) is 11.5 Å². The molecule has 0 saturated carbocycles. The lowest BCUT2D eigenvalue weighted by molar-refractivity contribution is 0.0692. The highest BCUT2D eigenvalue weighted by molar-refractivity contribution is 7.15. The van der Waals surface area contributed by atoms with Gasteiger partial charge in [0.1, 0.15) is 11.5 Å². The Balaban J connectivity index is 2.61. The van der Waals surface area contributed by atoms with Crippen molar-refractivity contribution in [2.75, 3.05) is 14.2 Å². The number of methoxy groups -OCH3 is 2. The minimum absolute atomic E-state index is 0.0648. The summed E-state index contributed by atoms with van der Waals surface area (Å²) in [5.41, 5.74) is 0.754. The molecular weight excluding hydrogens is 290 g/mol. The zero-order chi connectivity index (χ0) is 15.4. The van der Waals surface area contributed by atoms with Gasteiger partial charge in [-0.3, -0.25) is 0 Å². The average molecular weight is 307 g/mol. The van der Waals surface area contributed by atoms with Crippen molar-refractivity contribution in [3.63, 3.8) is 0 Å². The van der Waals surface area contributed by atoms with E-state index in [4.69, 9.17) is 9.47 Å². The van der Waals surface area contributed by atoms with Gasteiger partial charge in [-0.1, -0.05) is 6.92 Å². The molecular formula is C15H17NO4S. The van der Waals surface area contributed by atoms with Crippen molar-refractivity contribution >= 4 is 17.3 Å². The van der Waals surface area contributed by atoms with E-state index in [0.29, 0.717) is 21.9 Å². The summed E-state index contributed by atoms with van der Waals surface area (Å²) in [6, 6.07) is 5.31. The first-order valence-electron chi connectivity index (χ1n) is 6.56. The fourth-order valence-electron chi connectivity index (χ4n) is 2.00. The molecule has 0 fully saturated rings. The summed E-state index contributed by atoms with van der Waals surface area (Å²) in [6.07, 6.45) is 1.68. The molecule has 0 amide bonds. The SMILES string of the molecule is CCCc1nc(C(=O)O)c(-c2cc(OC)ccc2OC)s1. The van der Waals surface area contributed by atoms with E-state index < -0.39 is 5.97 Å². The minimum atomic E-state index is -1.03. The Hall–Kier alpha value is -2.08. The summed E-state index contributed by atoms with van der Waals surface area (Å²) < 4.78 is 10.5. The third-order valence-corrected chi connectivity index (χ3v) is 4.14. The lowest BCUT2D eigenvalue weighted by Gasteiger charge is -2.09. The Bertz CT molecular complexity index is 651. The van der Waals surface area contributed by atoms with Gasteiger partial charge in [0.2, 0.25) is 0 Å². The zero-order valence-corrected chi connectivity index (χ0v) is 13.0. The van der Waals surface area contributed by atoms with Gasteiger partial charge in [0, 0.05) is 5.56 Å². The summed E-state index contributed by atoms with van der Waals surface area (Å²) in [6.45, 7) is 2.04. The molecule has 2 rings (SSSR count). The van der Waals surface area contributed by atoms with Crippen molar-refractivity contribution in [1.82, 2.24) is 4.98 Å². The fraction of sp³-hybridized carbons (Fsp3) is 0.333. The lowest BCUT2D eigenvalue weighted by atomic mass is 10.1. The second kappa shape index (κ2) is 6.58. The van der Waals surface area contributed by atoms with E-state index in [-0.39, 0.29) is 5.69 Å².